The number of ether oxygens (including phenoxy) is 2. The third-order valence-electron chi connectivity index (χ3n) is 6.42. The lowest BCUT2D eigenvalue weighted by Crippen LogP contribution is -2.44. The van der Waals surface area contributed by atoms with E-state index in [1.165, 1.54) is 6.26 Å². The van der Waals surface area contributed by atoms with E-state index in [4.69, 9.17) is 19.6 Å². The zero-order chi connectivity index (χ0) is 24.5. The summed E-state index contributed by atoms with van der Waals surface area (Å²) in [7, 11) is -1.81. The van der Waals surface area contributed by atoms with Gasteiger partial charge < -0.3 is 14.4 Å². The van der Waals surface area contributed by atoms with E-state index in [0.717, 1.165) is 25.9 Å². The lowest BCUT2D eigenvalue weighted by molar-refractivity contribution is -0.0395. The van der Waals surface area contributed by atoms with E-state index in [2.05, 4.69) is 23.4 Å². The van der Waals surface area contributed by atoms with Gasteiger partial charge in [0.05, 0.1) is 29.9 Å². The first-order chi connectivity index (χ1) is 16.2. The van der Waals surface area contributed by atoms with E-state index < -0.39 is 9.84 Å². The zero-order valence-electron chi connectivity index (χ0n) is 20.3. The van der Waals surface area contributed by atoms with E-state index in [9.17, 15) is 8.42 Å². The largest absolute Gasteiger partial charge is 0.377 e. The van der Waals surface area contributed by atoms with Crippen LogP contribution in [0, 0.1) is 6.92 Å². The summed E-state index contributed by atoms with van der Waals surface area (Å²) in [6.45, 7) is 10.4. The summed E-state index contributed by atoms with van der Waals surface area (Å²) in [5.41, 5.74) is 3.09. The minimum absolute atomic E-state index is 0.0624. The Balaban J connectivity index is 1.81. The summed E-state index contributed by atoms with van der Waals surface area (Å²) in [6, 6.07) is 3.81. The van der Waals surface area contributed by atoms with Gasteiger partial charge >= 0.3 is 0 Å². The van der Waals surface area contributed by atoms with Gasteiger partial charge in [-0.25, -0.2) is 18.1 Å². The van der Waals surface area contributed by atoms with E-state index in [1.807, 2.05) is 29.9 Å². The number of sulfone groups is 1. The monoisotopic (exact) mass is 487 g/mol. The number of morpholine rings is 1. The summed E-state index contributed by atoms with van der Waals surface area (Å²) in [4.78, 5) is 11.7. The first kappa shape index (κ1) is 24.6. The van der Waals surface area contributed by atoms with Crippen molar-refractivity contribution in [1.82, 2.24) is 14.8 Å². The van der Waals surface area contributed by atoms with Gasteiger partial charge in [-0.3, -0.25) is 4.99 Å². The van der Waals surface area contributed by atoms with Gasteiger partial charge in [0, 0.05) is 38.2 Å². The van der Waals surface area contributed by atoms with Gasteiger partial charge in [0.15, 0.2) is 9.84 Å². The van der Waals surface area contributed by atoms with Crippen molar-refractivity contribution in [3.05, 3.63) is 47.4 Å². The molecule has 1 unspecified atom stereocenters. The van der Waals surface area contributed by atoms with E-state index in [0.29, 0.717) is 53.8 Å². The first-order valence-electron chi connectivity index (χ1n) is 11.6. The Hall–Kier alpha value is -2.56. The molecule has 4 heterocycles. The van der Waals surface area contributed by atoms with Crippen molar-refractivity contribution in [2.24, 2.45) is 4.99 Å². The Morgan fingerprint density at radius 2 is 2.09 bits per heavy atom. The number of rotatable bonds is 6. The molecule has 2 saturated heterocycles. The van der Waals surface area contributed by atoms with Crippen molar-refractivity contribution in [2.75, 3.05) is 44.6 Å². The molecule has 2 atom stereocenters. The number of aromatic nitrogens is 3. The summed E-state index contributed by atoms with van der Waals surface area (Å²) in [5.74, 6) is 0.674. The second kappa shape index (κ2) is 9.97. The Labute approximate surface area is 201 Å². The molecule has 10 heteroatoms. The minimum Gasteiger partial charge on any atom is -0.377 e. The quantitative estimate of drug-likeness (QED) is 0.578. The third-order valence-corrected chi connectivity index (χ3v) is 7.53. The maximum Gasteiger partial charge on any atom is 0.175 e. The van der Waals surface area contributed by atoms with Crippen LogP contribution in [0.3, 0.4) is 0 Å². The van der Waals surface area contributed by atoms with Crippen molar-refractivity contribution >= 4 is 26.3 Å². The van der Waals surface area contributed by atoms with Gasteiger partial charge in [-0.15, -0.1) is 0 Å². The van der Waals surface area contributed by atoms with Crippen molar-refractivity contribution in [1.29, 1.82) is 0 Å². The fraction of sp³-hybridized carbons (Fsp3) is 0.542. The van der Waals surface area contributed by atoms with Crippen LogP contribution in [0.5, 0.6) is 0 Å². The highest BCUT2D eigenvalue weighted by Crippen LogP contribution is 2.31. The van der Waals surface area contributed by atoms with Crippen LogP contribution in [0.25, 0.3) is 4.91 Å². The fourth-order valence-electron chi connectivity index (χ4n) is 4.43. The van der Waals surface area contributed by atoms with E-state index in [-0.39, 0.29) is 17.2 Å². The highest BCUT2D eigenvalue weighted by atomic mass is 32.2. The molecule has 0 spiro atoms. The van der Waals surface area contributed by atoms with Crippen LogP contribution in [-0.4, -0.2) is 74.6 Å². The molecule has 0 radical (unpaired) electrons. The lowest BCUT2D eigenvalue weighted by Gasteiger charge is -2.35. The molecule has 0 aromatic carbocycles. The summed E-state index contributed by atoms with van der Waals surface area (Å²) < 4.78 is 38.1. The molecule has 2 fully saturated rings. The van der Waals surface area contributed by atoms with Gasteiger partial charge in [-0.2, -0.15) is 5.10 Å². The van der Waals surface area contributed by atoms with Crippen molar-refractivity contribution in [2.45, 2.75) is 45.4 Å². The number of anilines is 1. The first-order valence-corrected chi connectivity index (χ1v) is 13.5. The van der Waals surface area contributed by atoms with Crippen molar-refractivity contribution in [3.63, 3.8) is 0 Å². The molecule has 0 N–H and O–H groups in total. The maximum atomic E-state index is 12.4. The molecule has 0 bridgehead atoms. The highest BCUT2D eigenvalue weighted by Gasteiger charge is 2.27. The SMILES string of the molecule is C=C(c1cc(N2CCOC[C@H]2C)nc(/C(=N\C)c2ccn(C3CCCCO3)n2)c1C)S(C)(=O)=O. The predicted octanol–water partition coefficient (Wildman–Crippen LogP) is 2.99. The Morgan fingerprint density at radius 1 is 1.29 bits per heavy atom. The van der Waals surface area contributed by atoms with Crippen LogP contribution in [0.15, 0.2) is 29.9 Å². The van der Waals surface area contributed by atoms with Crippen LogP contribution in [0.1, 0.15) is 54.9 Å². The number of pyridine rings is 1. The number of aliphatic imine (C=N–C) groups is 1. The topological polar surface area (TPSA) is 98.9 Å². The molecule has 0 saturated carbocycles. The van der Waals surface area contributed by atoms with E-state index in [1.54, 1.807) is 7.05 Å². The molecule has 2 aromatic heterocycles. The second-order valence-corrected chi connectivity index (χ2v) is 10.9. The molecular weight excluding hydrogens is 454 g/mol. The number of hydrogen-bond donors (Lipinski definition) is 0. The average molecular weight is 488 g/mol. The summed E-state index contributed by atoms with van der Waals surface area (Å²) in [5, 5.41) is 4.75. The van der Waals surface area contributed by atoms with Gasteiger partial charge in [0.1, 0.15) is 23.5 Å². The molecule has 2 aliphatic rings. The van der Waals surface area contributed by atoms with Crippen LogP contribution >= 0.6 is 0 Å². The standard InChI is InChI=1S/C24H33N5O4S/c1-16-15-32-13-11-28(16)21-14-19(18(3)34(5,30)31)17(2)23(26-21)24(25-4)20-9-10-29(27-20)22-8-6-7-12-33-22/h9-10,14,16,22H,3,6-8,11-13,15H2,1-2,4-5H3/b25-24-/t16-,22?/m1/s1. The molecule has 9 nitrogen and oxygen atoms in total. The number of hydrogen-bond acceptors (Lipinski definition) is 8. The summed E-state index contributed by atoms with van der Waals surface area (Å²) in [6.07, 6.45) is 6.07. The van der Waals surface area contributed by atoms with Gasteiger partial charge in [0.25, 0.3) is 0 Å². The Morgan fingerprint density at radius 3 is 2.74 bits per heavy atom. The van der Waals surface area contributed by atoms with Crippen LogP contribution in [0.4, 0.5) is 5.82 Å². The van der Waals surface area contributed by atoms with Gasteiger partial charge in [-0.1, -0.05) is 6.58 Å². The Kier molecular flexibility index (Phi) is 7.20. The molecule has 0 amide bonds. The average Bonchev–Trinajstić information content (AvgIpc) is 3.30. The maximum absolute atomic E-state index is 12.4. The number of nitrogens with zero attached hydrogens (tertiary/aromatic N) is 5. The van der Waals surface area contributed by atoms with Crippen LogP contribution in [-0.2, 0) is 19.3 Å². The Bertz CT molecular complexity index is 1200. The smallest absolute Gasteiger partial charge is 0.175 e. The van der Waals surface area contributed by atoms with Crippen molar-refractivity contribution < 1.29 is 17.9 Å². The van der Waals surface area contributed by atoms with Crippen molar-refractivity contribution in [3.8, 4) is 0 Å². The molecule has 4 rings (SSSR count). The molecule has 2 aromatic rings. The minimum atomic E-state index is -3.51. The van der Waals surface area contributed by atoms with Gasteiger partial charge in [-0.05, 0) is 50.8 Å². The molecule has 0 aliphatic carbocycles. The summed E-state index contributed by atoms with van der Waals surface area (Å²) >= 11 is 0. The molecule has 184 valence electrons. The second-order valence-electron chi connectivity index (χ2n) is 8.89. The normalized spacial score (nSPS) is 22.1. The predicted molar refractivity (Wildman–Crippen MR) is 133 cm³/mol. The molecule has 2 aliphatic heterocycles. The van der Waals surface area contributed by atoms with Crippen LogP contribution in [0.2, 0.25) is 0 Å². The van der Waals surface area contributed by atoms with Gasteiger partial charge in [0.2, 0.25) is 0 Å². The molecular formula is C24H33N5O4S. The third kappa shape index (κ3) is 4.94. The fourth-order valence-corrected chi connectivity index (χ4v) is 5.04. The lowest BCUT2D eigenvalue weighted by atomic mass is 10.0. The zero-order valence-corrected chi connectivity index (χ0v) is 21.1. The van der Waals surface area contributed by atoms with E-state index >= 15 is 0 Å². The van der Waals surface area contributed by atoms with Crippen LogP contribution < -0.4 is 4.90 Å². The molecule has 34 heavy (non-hydrogen) atoms. The highest BCUT2D eigenvalue weighted by molar-refractivity contribution is 7.99.